The van der Waals surface area contributed by atoms with E-state index in [9.17, 15) is 9.90 Å². The van der Waals surface area contributed by atoms with Crippen LogP contribution in [0.3, 0.4) is 0 Å². The first kappa shape index (κ1) is 16.3. The number of para-hydroxylation sites is 2. The molecule has 0 radical (unpaired) electrons. The summed E-state index contributed by atoms with van der Waals surface area (Å²) in [6.45, 7) is 2.36. The number of benzene rings is 2. The van der Waals surface area contributed by atoms with Gasteiger partial charge in [-0.25, -0.2) is 0 Å². The molecule has 5 rings (SSSR count). The van der Waals surface area contributed by atoms with Gasteiger partial charge in [0.25, 0.3) is 5.91 Å². The number of thiophene rings is 1. The predicted octanol–water partition coefficient (Wildman–Crippen LogP) is 4.32. The molecular weight excluding hydrogens is 356 g/mol. The molecule has 0 saturated carbocycles. The van der Waals surface area contributed by atoms with E-state index in [1.165, 1.54) is 0 Å². The molecule has 5 heteroatoms. The second-order valence-electron chi connectivity index (χ2n) is 6.87. The fourth-order valence-electron chi connectivity index (χ4n) is 4.13. The van der Waals surface area contributed by atoms with Crippen molar-refractivity contribution in [1.82, 2.24) is 4.98 Å². The van der Waals surface area contributed by atoms with Gasteiger partial charge < -0.3 is 15.0 Å². The smallest absolute Gasteiger partial charge is 0.268 e. The molecule has 3 heterocycles. The van der Waals surface area contributed by atoms with E-state index >= 15 is 0 Å². The Hall–Kier alpha value is -2.89. The van der Waals surface area contributed by atoms with Gasteiger partial charge in [-0.15, -0.1) is 11.3 Å². The molecule has 2 aromatic carbocycles. The third kappa shape index (κ3) is 2.22. The maximum absolute atomic E-state index is 13.6. The molecule has 1 amide bonds. The number of H-pyrrole nitrogens is 1. The first-order valence-corrected chi connectivity index (χ1v) is 9.72. The van der Waals surface area contributed by atoms with Crippen molar-refractivity contribution in [1.29, 1.82) is 0 Å². The number of hydrogen-bond acceptors (Lipinski definition) is 3. The Morgan fingerprint density at radius 2 is 1.85 bits per heavy atom. The zero-order valence-corrected chi connectivity index (χ0v) is 15.6. The van der Waals surface area contributed by atoms with Crippen LogP contribution in [0.5, 0.6) is 0 Å². The Morgan fingerprint density at radius 1 is 1.07 bits per heavy atom. The molecule has 0 fully saturated rings. The van der Waals surface area contributed by atoms with Crippen LogP contribution in [-0.4, -0.2) is 16.0 Å². The number of carbonyl (C=O) groups is 1. The summed E-state index contributed by atoms with van der Waals surface area (Å²) in [6, 6.07) is 19.3. The van der Waals surface area contributed by atoms with E-state index in [0.29, 0.717) is 17.7 Å². The fourth-order valence-corrected chi connectivity index (χ4v) is 4.83. The number of aromatic amines is 1. The molecule has 4 aromatic rings. The molecule has 1 aliphatic rings. The van der Waals surface area contributed by atoms with Gasteiger partial charge in [0.1, 0.15) is 0 Å². The van der Waals surface area contributed by atoms with Gasteiger partial charge in [-0.05, 0) is 30.5 Å². The van der Waals surface area contributed by atoms with Crippen molar-refractivity contribution in [2.45, 2.75) is 19.1 Å². The van der Waals surface area contributed by atoms with Gasteiger partial charge in [-0.2, -0.15) is 0 Å². The second kappa shape index (κ2) is 5.81. The Morgan fingerprint density at radius 3 is 2.67 bits per heavy atom. The highest BCUT2D eigenvalue weighted by Crippen LogP contribution is 2.47. The lowest BCUT2D eigenvalue weighted by Gasteiger charge is -2.24. The van der Waals surface area contributed by atoms with Crippen molar-refractivity contribution < 1.29 is 9.90 Å². The molecule has 134 valence electrons. The van der Waals surface area contributed by atoms with Crippen LogP contribution in [0, 0.1) is 6.92 Å². The molecule has 0 saturated heterocycles. The third-order valence-electron chi connectivity index (χ3n) is 5.29. The largest absolute Gasteiger partial charge is 0.372 e. The van der Waals surface area contributed by atoms with Crippen LogP contribution >= 0.6 is 11.3 Å². The number of rotatable bonds is 3. The van der Waals surface area contributed by atoms with Gasteiger partial charge in [0.05, 0.1) is 12.2 Å². The minimum Gasteiger partial charge on any atom is -0.372 e. The summed E-state index contributed by atoms with van der Waals surface area (Å²) >= 11 is 1.61. The van der Waals surface area contributed by atoms with Crippen LogP contribution in [0.25, 0.3) is 10.9 Å². The monoisotopic (exact) mass is 374 g/mol. The molecule has 0 unspecified atom stereocenters. The van der Waals surface area contributed by atoms with E-state index in [2.05, 4.69) is 4.98 Å². The Balaban J connectivity index is 1.74. The molecule has 2 aromatic heterocycles. The van der Waals surface area contributed by atoms with Crippen LogP contribution in [0.4, 0.5) is 5.69 Å². The summed E-state index contributed by atoms with van der Waals surface area (Å²) in [5, 5.41) is 14.7. The van der Waals surface area contributed by atoms with Gasteiger partial charge in [-0.3, -0.25) is 4.79 Å². The summed E-state index contributed by atoms with van der Waals surface area (Å²) in [5.41, 5.74) is 2.07. The summed E-state index contributed by atoms with van der Waals surface area (Å²) in [4.78, 5) is 19.7. The molecular formula is C22H18N2O2S. The zero-order chi connectivity index (χ0) is 18.6. The topological polar surface area (TPSA) is 56.3 Å². The van der Waals surface area contributed by atoms with Crippen molar-refractivity contribution >= 4 is 33.8 Å². The number of fused-ring (bicyclic) bond motifs is 2. The molecule has 2 N–H and O–H groups in total. The van der Waals surface area contributed by atoms with E-state index in [-0.39, 0.29) is 5.91 Å². The van der Waals surface area contributed by atoms with E-state index in [1.807, 2.05) is 73.0 Å². The number of aliphatic hydroxyl groups is 1. The predicted molar refractivity (Wildman–Crippen MR) is 108 cm³/mol. The lowest BCUT2D eigenvalue weighted by molar-refractivity contribution is -0.132. The normalized spacial score (nSPS) is 19.0. The number of hydrogen-bond donors (Lipinski definition) is 2. The van der Waals surface area contributed by atoms with Crippen molar-refractivity contribution in [3.63, 3.8) is 0 Å². The zero-order valence-electron chi connectivity index (χ0n) is 14.8. The number of nitrogens with zero attached hydrogens (tertiary/aromatic N) is 1. The first-order chi connectivity index (χ1) is 13.1. The highest BCUT2D eigenvalue weighted by molar-refractivity contribution is 7.09. The van der Waals surface area contributed by atoms with Crippen LogP contribution in [0.2, 0.25) is 0 Å². The quantitative estimate of drug-likeness (QED) is 0.561. The van der Waals surface area contributed by atoms with Crippen molar-refractivity contribution in [3.8, 4) is 0 Å². The number of aromatic nitrogens is 1. The maximum Gasteiger partial charge on any atom is 0.268 e. The van der Waals surface area contributed by atoms with Crippen molar-refractivity contribution in [2.75, 3.05) is 4.90 Å². The highest BCUT2D eigenvalue weighted by Gasteiger charge is 2.52. The average molecular weight is 374 g/mol. The van der Waals surface area contributed by atoms with E-state index < -0.39 is 5.60 Å². The lowest BCUT2D eigenvalue weighted by atomic mass is 9.85. The van der Waals surface area contributed by atoms with Gasteiger partial charge in [0.2, 0.25) is 0 Å². The third-order valence-corrected chi connectivity index (χ3v) is 6.15. The summed E-state index contributed by atoms with van der Waals surface area (Å²) < 4.78 is 0. The van der Waals surface area contributed by atoms with Gasteiger partial charge in [0, 0.05) is 32.6 Å². The minimum absolute atomic E-state index is 0.301. The number of nitrogens with one attached hydrogen (secondary N) is 1. The Kier molecular flexibility index (Phi) is 3.50. The maximum atomic E-state index is 13.6. The molecule has 4 nitrogen and oxygen atoms in total. The highest BCUT2D eigenvalue weighted by atomic mass is 32.1. The van der Waals surface area contributed by atoms with Crippen molar-refractivity contribution in [2.24, 2.45) is 0 Å². The van der Waals surface area contributed by atoms with Crippen LogP contribution in [0.15, 0.2) is 66.0 Å². The molecule has 0 bridgehead atoms. The molecule has 1 aliphatic heterocycles. The van der Waals surface area contributed by atoms with Crippen LogP contribution in [0.1, 0.15) is 21.7 Å². The number of anilines is 1. The molecule has 27 heavy (non-hydrogen) atoms. The van der Waals surface area contributed by atoms with Crippen molar-refractivity contribution in [3.05, 3.63) is 87.7 Å². The van der Waals surface area contributed by atoms with Crippen LogP contribution in [-0.2, 0) is 16.9 Å². The summed E-state index contributed by atoms with van der Waals surface area (Å²) in [5.74, 6) is -0.301. The second-order valence-corrected chi connectivity index (χ2v) is 7.90. The van der Waals surface area contributed by atoms with E-state index in [1.54, 1.807) is 16.2 Å². The van der Waals surface area contributed by atoms with Gasteiger partial charge in [0.15, 0.2) is 5.60 Å². The SMILES string of the molecule is Cc1[nH]c2ccccc2c1[C@@]1(O)C(=O)N(Cc2cccs2)c2ccccc21. The average Bonchev–Trinajstić information content (AvgIpc) is 3.35. The number of carbonyl (C=O) groups excluding carboxylic acids is 1. The standard InChI is InChI=1S/C22H18N2O2S/c1-14-20(16-8-2-4-10-18(16)23-14)22(26)17-9-3-5-11-19(17)24(21(22)25)13-15-7-6-12-27-15/h2-12,23,26H,13H2,1H3/t22-/m1/s1. The fraction of sp³-hybridized carbons (Fsp3) is 0.136. The summed E-state index contributed by atoms with van der Waals surface area (Å²) in [6.07, 6.45) is 0. The Labute approximate surface area is 160 Å². The molecule has 0 aliphatic carbocycles. The number of aryl methyl sites for hydroxylation is 1. The van der Waals surface area contributed by atoms with E-state index in [0.717, 1.165) is 27.2 Å². The first-order valence-electron chi connectivity index (χ1n) is 8.84. The number of amides is 1. The summed E-state index contributed by atoms with van der Waals surface area (Å²) in [7, 11) is 0. The minimum atomic E-state index is -1.70. The Bertz CT molecular complexity index is 1160. The van der Waals surface area contributed by atoms with E-state index in [4.69, 9.17) is 0 Å². The molecule has 0 spiro atoms. The van der Waals surface area contributed by atoms with Crippen LogP contribution < -0.4 is 4.90 Å². The lowest BCUT2D eigenvalue weighted by Crippen LogP contribution is -2.41. The molecule has 1 atom stereocenters. The van der Waals surface area contributed by atoms with Gasteiger partial charge >= 0.3 is 0 Å². The van der Waals surface area contributed by atoms with Gasteiger partial charge in [-0.1, -0.05) is 42.5 Å².